The Kier molecular flexibility index (Phi) is 7.36. The number of hydrogen-bond acceptors (Lipinski definition) is 9. The van der Waals surface area contributed by atoms with Crippen LogP contribution in [0.25, 0.3) is 0 Å². The van der Waals surface area contributed by atoms with Crippen molar-refractivity contribution in [2.24, 2.45) is 0 Å². The summed E-state index contributed by atoms with van der Waals surface area (Å²) in [4.78, 5) is 23.0. The maximum atomic E-state index is 11.6. The van der Waals surface area contributed by atoms with Gasteiger partial charge in [0, 0.05) is 7.11 Å². The van der Waals surface area contributed by atoms with Crippen LogP contribution in [-0.2, 0) is 23.7 Å². The van der Waals surface area contributed by atoms with Gasteiger partial charge < -0.3 is 39.6 Å². The molecule has 1 aliphatic rings. The second-order valence-corrected chi connectivity index (χ2v) is 6.29. The lowest BCUT2D eigenvalue weighted by atomic mass is 9.99. The van der Waals surface area contributed by atoms with Crippen LogP contribution in [0.3, 0.4) is 0 Å². The summed E-state index contributed by atoms with van der Waals surface area (Å²) in [7, 11) is 1.26. The van der Waals surface area contributed by atoms with Crippen molar-refractivity contribution in [3.63, 3.8) is 0 Å². The molecule has 0 unspecified atom stereocenters. The van der Waals surface area contributed by atoms with Crippen molar-refractivity contribution < 1.29 is 43.9 Å². The first kappa shape index (κ1) is 20.6. The first-order chi connectivity index (χ1) is 11.0. The van der Waals surface area contributed by atoms with E-state index in [1.54, 1.807) is 20.8 Å². The Hall–Kier alpha value is -1.46. The van der Waals surface area contributed by atoms with Crippen molar-refractivity contribution >= 4 is 12.1 Å². The minimum absolute atomic E-state index is 0.389. The van der Waals surface area contributed by atoms with Crippen molar-refractivity contribution in [3.8, 4) is 0 Å². The van der Waals surface area contributed by atoms with Crippen LogP contribution in [0.2, 0.25) is 0 Å². The predicted molar refractivity (Wildman–Crippen MR) is 78.9 cm³/mol. The van der Waals surface area contributed by atoms with E-state index in [2.05, 4.69) is 5.32 Å². The summed E-state index contributed by atoms with van der Waals surface area (Å²) in [6, 6.07) is 0. The molecule has 0 aromatic heterocycles. The van der Waals surface area contributed by atoms with Crippen LogP contribution < -0.4 is 5.32 Å². The van der Waals surface area contributed by atoms with Gasteiger partial charge in [0.25, 0.3) is 0 Å². The molecule has 1 amide bonds. The molecule has 1 heterocycles. The molecule has 10 nitrogen and oxygen atoms in total. The molecule has 0 spiro atoms. The summed E-state index contributed by atoms with van der Waals surface area (Å²) in [6.07, 6.45) is -7.41. The summed E-state index contributed by atoms with van der Waals surface area (Å²) < 4.78 is 19.8. The molecule has 4 N–H and O–H groups in total. The number of esters is 1. The lowest BCUT2D eigenvalue weighted by molar-refractivity contribution is -0.295. The van der Waals surface area contributed by atoms with Gasteiger partial charge in [0.05, 0.1) is 0 Å². The molecular weight excluding hydrogens is 326 g/mol. The van der Waals surface area contributed by atoms with Crippen LogP contribution in [0.5, 0.6) is 0 Å². The summed E-state index contributed by atoms with van der Waals surface area (Å²) in [6.45, 7) is 4.21. The van der Waals surface area contributed by atoms with Crippen molar-refractivity contribution in [1.29, 1.82) is 0 Å². The molecule has 0 radical (unpaired) electrons. The quantitative estimate of drug-likeness (QED) is 0.435. The smallest absolute Gasteiger partial charge is 0.408 e. The molecule has 1 fully saturated rings. The van der Waals surface area contributed by atoms with Crippen LogP contribution in [0.4, 0.5) is 4.79 Å². The third-order valence-electron chi connectivity index (χ3n) is 3.09. The van der Waals surface area contributed by atoms with Crippen LogP contribution in [0, 0.1) is 0 Å². The molecule has 0 aromatic carbocycles. The number of methoxy groups -OCH3 is 1. The van der Waals surface area contributed by atoms with Crippen molar-refractivity contribution in [3.05, 3.63) is 0 Å². The van der Waals surface area contributed by atoms with Gasteiger partial charge in [-0.2, -0.15) is 0 Å². The summed E-state index contributed by atoms with van der Waals surface area (Å²) in [5.41, 5.74) is -0.694. The molecule has 140 valence electrons. The number of aliphatic hydroxyl groups excluding tert-OH is 3. The highest BCUT2D eigenvalue weighted by Gasteiger charge is 2.44. The zero-order chi connectivity index (χ0) is 18.5. The number of aliphatic hydroxyl groups is 3. The van der Waals surface area contributed by atoms with Crippen LogP contribution in [-0.4, -0.2) is 84.0 Å². The average Bonchev–Trinajstić information content (AvgIpc) is 2.48. The van der Waals surface area contributed by atoms with Gasteiger partial charge in [-0.05, 0) is 20.8 Å². The first-order valence-electron chi connectivity index (χ1n) is 7.40. The highest BCUT2D eigenvalue weighted by Crippen LogP contribution is 2.21. The minimum atomic E-state index is -1.51. The van der Waals surface area contributed by atoms with E-state index in [0.29, 0.717) is 0 Å². The van der Waals surface area contributed by atoms with Gasteiger partial charge in [0.2, 0.25) is 0 Å². The van der Waals surface area contributed by atoms with Gasteiger partial charge in [-0.3, -0.25) is 4.79 Å². The second kappa shape index (κ2) is 8.58. The Bertz CT molecular complexity index is 434. The Morgan fingerprint density at radius 3 is 2.29 bits per heavy atom. The summed E-state index contributed by atoms with van der Waals surface area (Å²) in [5, 5.41) is 31.3. The van der Waals surface area contributed by atoms with E-state index in [9.17, 15) is 24.9 Å². The van der Waals surface area contributed by atoms with Gasteiger partial charge in [-0.25, -0.2) is 4.79 Å². The Morgan fingerprint density at radius 1 is 1.12 bits per heavy atom. The fourth-order valence-corrected chi connectivity index (χ4v) is 1.93. The van der Waals surface area contributed by atoms with Crippen molar-refractivity contribution in [2.45, 2.75) is 57.1 Å². The van der Waals surface area contributed by atoms with Crippen LogP contribution in [0.15, 0.2) is 0 Å². The molecule has 1 rings (SSSR count). The molecule has 0 aromatic rings. The Morgan fingerprint density at radius 2 is 1.75 bits per heavy atom. The highest BCUT2D eigenvalue weighted by atomic mass is 16.7. The van der Waals surface area contributed by atoms with E-state index in [-0.39, 0.29) is 6.61 Å². The normalized spacial score (nSPS) is 30.5. The van der Waals surface area contributed by atoms with E-state index < -0.39 is 54.9 Å². The molecule has 1 aliphatic heterocycles. The van der Waals surface area contributed by atoms with E-state index in [1.165, 1.54) is 7.11 Å². The maximum absolute atomic E-state index is 11.6. The lowest BCUT2D eigenvalue weighted by Crippen LogP contribution is -2.59. The number of carbonyl (C=O) groups is 2. The Labute approximate surface area is 139 Å². The minimum Gasteiger partial charge on any atom is -0.461 e. The van der Waals surface area contributed by atoms with Gasteiger partial charge >= 0.3 is 12.1 Å². The summed E-state index contributed by atoms with van der Waals surface area (Å²) >= 11 is 0. The number of alkyl carbamates (subject to hydrolysis) is 1. The van der Waals surface area contributed by atoms with Crippen molar-refractivity contribution in [2.75, 3.05) is 20.3 Å². The number of nitrogens with one attached hydrogen (secondary N) is 1. The molecular formula is C14H25NO9. The third-order valence-corrected chi connectivity index (χ3v) is 3.09. The summed E-state index contributed by atoms with van der Waals surface area (Å²) in [5.74, 6) is -0.786. The maximum Gasteiger partial charge on any atom is 0.408 e. The fraction of sp³-hybridized carbons (Fsp3) is 0.857. The van der Waals surface area contributed by atoms with Crippen molar-refractivity contribution in [1.82, 2.24) is 5.32 Å². The van der Waals surface area contributed by atoms with E-state index in [4.69, 9.17) is 18.9 Å². The topological polar surface area (TPSA) is 144 Å². The number of hydrogen-bond donors (Lipinski definition) is 4. The Balaban J connectivity index is 2.39. The first-order valence-corrected chi connectivity index (χ1v) is 7.40. The van der Waals surface area contributed by atoms with E-state index in [0.717, 1.165) is 0 Å². The van der Waals surface area contributed by atoms with Gasteiger partial charge in [-0.15, -0.1) is 0 Å². The number of ether oxygens (including phenoxy) is 4. The molecule has 0 aliphatic carbocycles. The van der Waals surface area contributed by atoms with Crippen LogP contribution in [0.1, 0.15) is 20.8 Å². The van der Waals surface area contributed by atoms with E-state index in [1.807, 2.05) is 0 Å². The number of rotatable bonds is 5. The highest BCUT2D eigenvalue weighted by molar-refractivity contribution is 5.78. The second-order valence-electron chi connectivity index (χ2n) is 6.29. The fourth-order valence-electron chi connectivity index (χ4n) is 1.93. The molecule has 10 heteroatoms. The molecule has 5 atom stereocenters. The van der Waals surface area contributed by atoms with Crippen LogP contribution >= 0.6 is 0 Å². The zero-order valence-corrected chi connectivity index (χ0v) is 14.1. The SMILES string of the molecule is CO[C@@H]1O[C@H](COC(=O)CNC(=O)OC(C)(C)C)[C@H](O)[C@@H](O)[C@@H]1O. The molecule has 1 saturated heterocycles. The molecule has 24 heavy (non-hydrogen) atoms. The standard InChI is InChI=1S/C14H25NO9/c1-14(2,3)24-13(20)15-5-8(16)22-6-7-9(17)10(18)11(19)12(21-4)23-7/h7,9-12,17-19H,5-6H2,1-4H3,(H,15,20)/t7-,9+,10-,11+,12-/m1/s1. The number of amides is 1. The molecule has 0 bridgehead atoms. The van der Waals surface area contributed by atoms with Gasteiger partial charge in [0.1, 0.15) is 43.2 Å². The monoisotopic (exact) mass is 351 g/mol. The third kappa shape index (κ3) is 6.21. The lowest BCUT2D eigenvalue weighted by Gasteiger charge is -2.39. The molecule has 0 saturated carbocycles. The van der Waals surface area contributed by atoms with Gasteiger partial charge in [0.15, 0.2) is 6.29 Å². The predicted octanol–water partition coefficient (Wildman–Crippen LogP) is -1.49. The van der Waals surface area contributed by atoms with Gasteiger partial charge in [-0.1, -0.05) is 0 Å². The number of carbonyl (C=O) groups excluding carboxylic acids is 2. The zero-order valence-electron chi connectivity index (χ0n) is 14.1. The average molecular weight is 351 g/mol. The largest absolute Gasteiger partial charge is 0.461 e. The van der Waals surface area contributed by atoms with E-state index >= 15 is 0 Å².